The van der Waals surface area contributed by atoms with E-state index in [4.69, 9.17) is 10.5 Å². The molecule has 2 heterocycles. The molecular weight excluding hydrogens is 530 g/mol. The van der Waals surface area contributed by atoms with Gasteiger partial charge >= 0.3 is 0 Å². The maximum Gasteiger partial charge on any atom is 0.246 e. The number of amides is 4. The molecule has 0 fully saturated rings. The molecule has 1 aliphatic rings. The monoisotopic (exact) mass is 563 g/mol. The Morgan fingerprint density at radius 1 is 1.07 bits per heavy atom. The van der Waals surface area contributed by atoms with E-state index in [9.17, 15) is 19.2 Å². The number of fused-ring (bicyclic) bond motifs is 1. The summed E-state index contributed by atoms with van der Waals surface area (Å²) in [6.07, 6.45) is 6.04. The summed E-state index contributed by atoms with van der Waals surface area (Å²) < 4.78 is 5.32. The fraction of sp³-hybridized carbons (Fsp3) is 0.310. The Morgan fingerprint density at radius 2 is 1.85 bits per heavy atom. The number of methoxy groups -OCH3 is 1. The average molecular weight is 564 g/mol. The zero-order chi connectivity index (χ0) is 28.6. The van der Waals surface area contributed by atoms with Gasteiger partial charge < -0.3 is 31.0 Å². The number of ether oxygens (including phenoxy) is 1. The van der Waals surface area contributed by atoms with Gasteiger partial charge in [0.25, 0.3) is 0 Å². The maximum absolute atomic E-state index is 13.7. The van der Waals surface area contributed by atoms with Crippen LogP contribution in [-0.4, -0.2) is 71.0 Å². The number of rotatable bonds is 11. The lowest BCUT2D eigenvalue weighted by Gasteiger charge is -2.35. The van der Waals surface area contributed by atoms with E-state index in [2.05, 4.69) is 28.2 Å². The molecule has 4 rings (SSSR count). The lowest BCUT2D eigenvalue weighted by atomic mass is 10.00. The predicted octanol–water partition coefficient (Wildman–Crippen LogP) is 1.50. The Morgan fingerprint density at radius 3 is 2.55 bits per heavy atom. The van der Waals surface area contributed by atoms with E-state index in [1.807, 2.05) is 54.6 Å². The summed E-state index contributed by atoms with van der Waals surface area (Å²) in [5, 5.41) is 6.34. The molecule has 10 nitrogen and oxygen atoms in total. The van der Waals surface area contributed by atoms with Gasteiger partial charge in [0.15, 0.2) is 0 Å². The van der Waals surface area contributed by atoms with Crippen molar-refractivity contribution in [3.63, 3.8) is 0 Å². The molecule has 5 N–H and O–H groups in total. The van der Waals surface area contributed by atoms with E-state index < -0.39 is 41.8 Å². The number of hydrogen-bond acceptors (Lipinski definition) is 6. The minimum Gasteiger partial charge on any atom is -0.497 e. The molecule has 0 bridgehead atoms. The Balaban J connectivity index is 1.52. The number of aromatic nitrogens is 1. The van der Waals surface area contributed by atoms with E-state index >= 15 is 0 Å². The number of H-pyrrole nitrogens is 1. The van der Waals surface area contributed by atoms with Crippen LogP contribution in [0.25, 0.3) is 10.9 Å². The van der Waals surface area contributed by atoms with Crippen LogP contribution in [0.15, 0.2) is 66.9 Å². The fourth-order valence-electron chi connectivity index (χ4n) is 4.81. The van der Waals surface area contributed by atoms with E-state index in [1.54, 1.807) is 19.4 Å². The highest BCUT2D eigenvalue weighted by atomic mass is 32.1. The third kappa shape index (κ3) is 6.84. The summed E-state index contributed by atoms with van der Waals surface area (Å²) in [5.74, 6) is -1.41. The third-order valence-electron chi connectivity index (χ3n) is 6.91. The molecule has 3 aromatic rings. The second kappa shape index (κ2) is 13.2. The van der Waals surface area contributed by atoms with Crippen LogP contribution < -0.4 is 21.1 Å². The zero-order valence-corrected chi connectivity index (χ0v) is 23.0. The topological polar surface area (TPSA) is 147 Å². The van der Waals surface area contributed by atoms with Gasteiger partial charge in [0, 0.05) is 36.5 Å². The van der Waals surface area contributed by atoms with Gasteiger partial charge in [-0.1, -0.05) is 42.5 Å². The van der Waals surface area contributed by atoms with Gasteiger partial charge in [0.1, 0.15) is 23.9 Å². The van der Waals surface area contributed by atoms with Crippen LogP contribution in [-0.2, 0) is 32.0 Å². The van der Waals surface area contributed by atoms with Crippen LogP contribution in [0, 0.1) is 0 Å². The molecule has 1 aliphatic heterocycles. The highest BCUT2D eigenvalue weighted by Gasteiger charge is 2.36. The Hall–Kier alpha value is -4.25. The van der Waals surface area contributed by atoms with Gasteiger partial charge in [0.05, 0.1) is 12.9 Å². The molecule has 1 aromatic heterocycles. The fourth-order valence-corrected chi connectivity index (χ4v) is 4.91. The first-order valence-corrected chi connectivity index (χ1v) is 13.6. The zero-order valence-electron chi connectivity index (χ0n) is 22.1. The number of benzene rings is 2. The standard InChI is InChI=1S/C29H33N5O5S/c1-39-20-10-11-22-21(15-20)19(16-31-22)14-23(27(30)36)33-28(37)25-9-5-6-12-34(25)29(38)24(32-26(35)17-40)13-18-7-3-2-4-8-18/h2-8,10-11,15-16,23-25,31,40H,9,12-14,17H2,1H3,(H2,30,36)(H,32,35)(H,33,37)/t23-,24-,25-/m0/s1. The molecule has 0 saturated heterocycles. The van der Waals surface area contributed by atoms with Crippen LogP contribution in [0.2, 0.25) is 0 Å². The van der Waals surface area contributed by atoms with Crippen molar-refractivity contribution in [3.8, 4) is 5.75 Å². The van der Waals surface area contributed by atoms with Crippen molar-refractivity contribution in [3.05, 3.63) is 78.0 Å². The van der Waals surface area contributed by atoms with Crippen molar-refractivity contribution in [2.75, 3.05) is 19.4 Å². The second-order valence-corrected chi connectivity index (χ2v) is 9.89. The van der Waals surface area contributed by atoms with Crippen molar-refractivity contribution in [1.29, 1.82) is 0 Å². The van der Waals surface area contributed by atoms with Crippen LogP contribution in [0.4, 0.5) is 0 Å². The number of carbonyl (C=O) groups excluding carboxylic acids is 4. The third-order valence-corrected chi connectivity index (χ3v) is 7.20. The molecule has 40 heavy (non-hydrogen) atoms. The number of nitrogens with two attached hydrogens (primary N) is 1. The van der Waals surface area contributed by atoms with E-state index in [0.29, 0.717) is 5.75 Å². The number of aromatic amines is 1. The maximum atomic E-state index is 13.7. The summed E-state index contributed by atoms with van der Waals surface area (Å²) in [5.41, 5.74) is 8.19. The molecule has 3 atom stereocenters. The van der Waals surface area contributed by atoms with Crippen LogP contribution in [0.3, 0.4) is 0 Å². The average Bonchev–Trinajstić information content (AvgIpc) is 3.38. The molecule has 0 radical (unpaired) electrons. The van der Waals surface area contributed by atoms with Crippen LogP contribution >= 0.6 is 12.6 Å². The van der Waals surface area contributed by atoms with E-state index in [0.717, 1.165) is 22.0 Å². The molecule has 2 aromatic carbocycles. The minimum atomic E-state index is -1.01. The number of primary amides is 1. The summed E-state index contributed by atoms with van der Waals surface area (Å²) in [4.78, 5) is 56.4. The van der Waals surface area contributed by atoms with Crippen molar-refractivity contribution >= 4 is 47.2 Å². The molecule has 210 valence electrons. The van der Waals surface area contributed by atoms with Crippen LogP contribution in [0.1, 0.15) is 17.5 Å². The normalized spacial score (nSPS) is 16.2. The van der Waals surface area contributed by atoms with Gasteiger partial charge in [-0.15, -0.1) is 0 Å². The van der Waals surface area contributed by atoms with Crippen molar-refractivity contribution < 1.29 is 23.9 Å². The van der Waals surface area contributed by atoms with Gasteiger partial charge in [-0.05, 0) is 35.7 Å². The van der Waals surface area contributed by atoms with E-state index in [1.165, 1.54) is 4.90 Å². The Bertz CT molecular complexity index is 1410. The quantitative estimate of drug-likeness (QED) is 0.177. The summed E-state index contributed by atoms with van der Waals surface area (Å²) in [6, 6.07) is 12.1. The van der Waals surface area contributed by atoms with Gasteiger partial charge in [0.2, 0.25) is 23.6 Å². The largest absolute Gasteiger partial charge is 0.497 e. The summed E-state index contributed by atoms with van der Waals surface area (Å²) in [7, 11) is 1.57. The number of nitrogens with zero attached hydrogens (tertiary/aromatic N) is 1. The lowest BCUT2D eigenvalue weighted by molar-refractivity contribution is -0.143. The van der Waals surface area contributed by atoms with Crippen LogP contribution in [0.5, 0.6) is 5.75 Å². The summed E-state index contributed by atoms with van der Waals surface area (Å²) in [6.45, 7) is 0.183. The smallest absolute Gasteiger partial charge is 0.246 e. The highest BCUT2D eigenvalue weighted by Crippen LogP contribution is 2.25. The number of nitrogens with one attached hydrogen (secondary N) is 3. The summed E-state index contributed by atoms with van der Waals surface area (Å²) >= 11 is 4.02. The SMILES string of the molecule is COc1ccc2[nH]cc(C[C@H](NC(=O)[C@@H]3CC=CCN3C(=O)[C@H](Cc3ccccc3)NC(=O)CS)C(N)=O)c2c1. The van der Waals surface area contributed by atoms with Gasteiger partial charge in [-0.25, -0.2) is 0 Å². The Labute approximate surface area is 237 Å². The molecule has 0 saturated carbocycles. The van der Waals surface area contributed by atoms with Crippen molar-refractivity contribution in [1.82, 2.24) is 20.5 Å². The first-order chi connectivity index (χ1) is 19.3. The molecular formula is C29H33N5O5S. The number of thiol groups is 1. The molecule has 0 spiro atoms. The van der Waals surface area contributed by atoms with Gasteiger partial charge in [-0.2, -0.15) is 12.6 Å². The van der Waals surface area contributed by atoms with E-state index in [-0.39, 0.29) is 31.6 Å². The Kier molecular flexibility index (Phi) is 9.49. The first kappa shape index (κ1) is 28.8. The van der Waals surface area contributed by atoms with Crippen molar-refractivity contribution in [2.45, 2.75) is 37.4 Å². The molecule has 0 aliphatic carbocycles. The molecule has 11 heteroatoms. The first-order valence-electron chi connectivity index (χ1n) is 12.9. The second-order valence-electron chi connectivity index (χ2n) is 9.57. The minimum absolute atomic E-state index is 0.0810. The van der Waals surface area contributed by atoms with Crippen molar-refractivity contribution in [2.24, 2.45) is 5.73 Å². The molecule has 0 unspecified atom stereocenters. The highest BCUT2D eigenvalue weighted by molar-refractivity contribution is 7.81. The number of hydrogen-bond donors (Lipinski definition) is 5. The number of carbonyl (C=O) groups is 4. The predicted molar refractivity (Wildman–Crippen MR) is 155 cm³/mol. The lowest BCUT2D eigenvalue weighted by Crippen LogP contribution is -2.59. The molecule has 4 amide bonds. The van der Waals surface area contributed by atoms with Gasteiger partial charge in [-0.3, -0.25) is 19.2 Å².